The van der Waals surface area contributed by atoms with Gasteiger partial charge in [-0.25, -0.2) is 0 Å². The van der Waals surface area contributed by atoms with Gasteiger partial charge in [0.15, 0.2) is 5.60 Å². The second kappa shape index (κ2) is 5.85. The molecule has 20 heavy (non-hydrogen) atoms. The Bertz CT molecular complexity index is 521. The van der Waals surface area contributed by atoms with Crippen LogP contribution < -0.4 is 0 Å². The van der Waals surface area contributed by atoms with Gasteiger partial charge in [0.05, 0.1) is 11.4 Å². The van der Waals surface area contributed by atoms with E-state index in [0.29, 0.717) is 17.3 Å². The van der Waals surface area contributed by atoms with Gasteiger partial charge in [0, 0.05) is 12.2 Å². The molecule has 0 saturated carbocycles. The maximum absolute atomic E-state index is 12.8. The lowest BCUT2D eigenvalue weighted by Gasteiger charge is -2.16. The average Bonchev–Trinajstić information content (AvgIpc) is 2.78. The van der Waals surface area contributed by atoms with Crippen LogP contribution in [0.1, 0.15) is 24.5 Å². The number of thioether (sulfide) groups is 1. The molecule has 1 aliphatic heterocycles. The Morgan fingerprint density at radius 2 is 2.10 bits per heavy atom. The monoisotopic (exact) mass is 323 g/mol. The van der Waals surface area contributed by atoms with Gasteiger partial charge in [-0.3, -0.25) is 0 Å². The standard InChI is InChI=1S/C13H13ClF3NOS/c1-12(8-14)6-11(18-19-12)20-7-9-4-2-3-5-10(9)13(15,16)17/h2-5H,6-8H2,1H3. The first kappa shape index (κ1) is 15.5. The lowest BCUT2D eigenvalue weighted by Crippen LogP contribution is -2.26. The van der Waals surface area contributed by atoms with Gasteiger partial charge in [0.1, 0.15) is 5.04 Å². The van der Waals surface area contributed by atoms with Crippen molar-refractivity contribution in [3.05, 3.63) is 35.4 Å². The minimum absolute atomic E-state index is 0.205. The lowest BCUT2D eigenvalue weighted by atomic mass is 10.1. The maximum Gasteiger partial charge on any atom is 0.416 e. The maximum atomic E-state index is 12.8. The predicted molar refractivity (Wildman–Crippen MR) is 75.0 cm³/mol. The summed E-state index contributed by atoms with van der Waals surface area (Å²) in [5.41, 5.74) is -0.910. The van der Waals surface area contributed by atoms with Crippen LogP contribution in [0, 0.1) is 0 Å². The zero-order valence-electron chi connectivity index (χ0n) is 10.7. The Morgan fingerprint density at radius 3 is 2.70 bits per heavy atom. The van der Waals surface area contributed by atoms with Gasteiger partial charge >= 0.3 is 6.18 Å². The molecular weight excluding hydrogens is 311 g/mol. The highest BCUT2D eigenvalue weighted by molar-refractivity contribution is 8.13. The van der Waals surface area contributed by atoms with Crippen LogP contribution in [-0.4, -0.2) is 16.5 Å². The van der Waals surface area contributed by atoms with Crippen LogP contribution in [0.25, 0.3) is 0 Å². The van der Waals surface area contributed by atoms with Crippen LogP contribution in [0.2, 0.25) is 0 Å². The third kappa shape index (κ3) is 3.61. The number of hydrogen-bond donors (Lipinski definition) is 0. The summed E-state index contributed by atoms with van der Waals surface area (Å²) in [6, 6.07) is 5.55. The Morgan fingerprint density at radius 1 is 1.40 bits per heavy atom. The first-order chi connectivity index (χ1) is 9.34. The molecule has 1 heterocycles. The fourth-order valence-electron chi connectivity index (χ4n) is 1.78. The largest absolute Gasteiger partial charge is 0.416 e. The summed E-state index contributed by atoms with van der Waals surface area (Å²) in [5, 5.41) is 4.55. The zero-order valence-corrected chi connectivity index (χ0v) is 12.3. The van der Waals surface area contributed by atoms with Crippen molar-refractivity contribution in [1.82, 2.24) is 0 Å². The van der Waals surface area contributed by atoms with Gasteiger partial charge in [-0.05, 0) is 18.6 Å². The van der Waals surface area contributed by atoms with Crippen molar-refractivity contribution in [2.45, 2.75) is 30.9 Å². The Balaban J connectivity index is 2.03. The van der Waals surface area contributed by atoms with E-state index in [1.165, 1.54) is 23.9 Å². The molecule has 0 spiro atoms. The van der Waals surface area contributed by atoms with Gasteiger partial charge in [0.25, 0.3) is 0 Å². The third-order valence-corrected chi connectivity index (χ3v) is 4.47. The Kier molecular flexibility index (Phi) is 4.54. The van der Waals surface area contributed by atoms with Crippen molar-refractivity contribution in [2.75, 3.05) is 5.88 Å². The number of nitrogens with zero attached hydrogens (tertiary/aromatic N) is 1. The number of halogens is 4. The molecule has 0 amide bonds. The van der Waals surface area contributed by atoms with Crippen LogP contribution in [0.3, 0.4) is 0 Å². The fraction of sp³-hybridized carbons (Fsp3) is 0.462. The van der Waals surface area contributed by atoms with Crippen LogP contribution in [0.15, 0.2) is 29.4 Å². The molecule has 0 radical (unpaired) electrons. The van der Waals surface area contributed by atoms with Crippen LogP contribution >= 0.6 is 23.4 Å². The molecule has 1 atom stereocenters. The second-order valence-electron chi connectivity index (χ2n) is 4.78. The lowest BCUT2D eigenvalue weighted by molar-refractivity contribution is -0.138. The number of alkyl halides is 4. The van der Waals surface area contributed by atoms with Gasteiger partial charge in [-0.15, -0.1) is 23.4 Å². The van der Waals surface area contributed by atoms with E-state index in [4.69, 9.17) is 16.4 Å². The molecule has 0 bridgehead atoms. The first-order valence-corrected chi connectivity index (χ1v) is 7.45. The Hall–Kier alpha value is -0.880. The van der Waals surface area contributed by atoms with Crippen molar-refractivity contribution in [1.29, 1.82) is 0 Å². The second-order valence-corrected chi connectivity index (χ2v) is 6.10. The Labute approximate surface area is 124 Å². The van der Waals surface area contributed by atoms with Crippen LogP contribution in [0.5, 0.6) is 0 Å². The summed E-state index contributed by atoms with van der Waals surface area (Å²) in [6.45, 7) is 1.82. The summed E-state index contributed by atoms with van der Waals surface area (Å²) in [5.74, 6) is 0.496. The van der Waals surface area contributed by atoms with Gasteiger partial charge in [-0.2, -0.15) is 13.2 Å². The SMILES string of the molecule is CC1(CCl)CC(SCc2ccccc2C(F)(F)F)=NO1. The number of benzene rings is 1. The molecule has 1 aliphatic rings. The fourth-order valence-corrected chi connectivity index (χ4v) is 2.99. The number of hydrogen-bond acceptors (Lipinski definition) is 3. The zero-order chi connectivity index (χ0) is 14.8. The molecule has 2 rings (SSSR count). The minimum Gasteiger partial charge on any atom is -0.387 e. The van der Waals surface area contributed by atoms with E-state index >= 15 is 0 Å². The van der Waals surface area contributed by atoms with Crippen molar-refractivity contribution in [3.8, 4) is 0 Å². The molecular formula is C13H13ClF3NOS. The predicted octanol–water partition coefficient (Wildman–Crippen LogP) is 4.67. The topological polar surface area (TPSA) is 21.6 Å². The molecule has 1 aromatic rings. The molecule has 7 heteroatoms. The smallest absolute Gasteiger partial charge is 0.387 e. The molecule has 1 unspecified atom stereocenters. The first-order valence-electron chi connectivity index (χ1n) is 5.93. The van der Waals surface area contributed by atoms with Gasteiger partial charge < -0.3 is 4.84 Å². The van der Waals surface area contributed by atoms with Crippen LogP contribution in [0.4, 0.5) is 13.2 Å². The highest BCUT2D eigenvalue weighted by Gasteiger charge is 2.35. The molecule has 0 saturated heterocycles. The third-order valence-electron chi connectivity index (χ3n) is 2.89. The van der Waals surface area contributed by atoms with Crippen molar-refractivity contribution < 1.29 is 18.0 Å². The highest BCUT2D eigenvalue weighted by Crippen LogP contribution is 2.35. The quantitative estimate of drug-likeness (QED) is 0.754. The van der Waals surface area contributed by atoms with E-state index in [1.807, 2.05) is 6.92 Å². The van der Waals surface area contributed by atoms with Crippen LogP contribution in [-0.2, 0) is 16.8 Å². The molecule has 0 aliphatic carbocycles. The van der Waals surface area contributed by atoms with Gasteiger partial charge in [0.2, 0.25) is 0 Å². The van der Waals surface area contributed by atoms with Crippen molar-refractivity contribution >= 4 is 28.4 Å². The normalized spacial score (nSPS) is 22.6. The minimum atomic E-state index is -4.34. The van der Waals surface area contributed by atoms with E-state index in [9.17, 15) is 13.2 Å². The van der Waals surface area contributed by atoms with E-state index in [0.717, 1.165) is 6.07 Å². The summed E-state index contributed by atoms with van der Waals surface area (Å²) in [7, 11) is 0. The molecule has 2 nitrogen and oxygen atoms in total. The average molecular weight is 324 g/mol. The van der Waals surface area contributed by atoms with E-state index in [2.05, 4.69) is 5.16 Å². The molecule has 0 N–H and O–H groups in total. The summed E-state index contributed by atoms with van der Waals surface area (Å²) in [6.07, 6.45) is -3.81. The van der Waals surface area contributed by atoms with Crippen molar-refractivity contribution in [3.63, 3.8) is 0 Å². The van der Waals surface area contributed by atoms with E-state index in [-0.39, 0.29) is 11.3 Å². The summed E-state index contributed by atoms with van der Waals surface area (Å²) >= 11 is 7.01. The van der Waals surface area contributed by atoms with E-state index < -0.39 is 17.3 Å². The molecule has 0 aromatic heterocycles. The number of oxime groups is 1. The van der Waals surface area contributed by atoms with Gasteiger partial charge in [-0.1, -0.05) is 23.4 Å². The van der Waals surface area contributed by atoms with Crippen molar-refractivity contribution in [2.24, 2.45) is 5.16 Å². The van der Waals surface area contributed by atoms with E-state index in [1.54, 1.807) is 6.07 Å². The number of rotatable bonds is 3. The highest BCUT2D eigenvalue weighted by atomic mass is 35.5. The molecule has 0 fully saturated rings. The summed E-state index contributed by atoms with van der Waals surface area (Å²) in [4.78, 5) is 5.20. The molecule has 1 aromatic carbocycles. The summed E-state index contributed by atoms with van der Waals surface area (Å²) < 4.78 is 38.5. The molecule has 110 valence electrons.